The van der Waals surface area contributed by atoms with Gasteiger partial charge in [-0.2, -0.15) is 0 Å². The average molecular weight is 554 g/mol. The predicted octanol–water partition coefficient (Wildman–Crippen LogP) is 7.07. The van der Waals surface area contributed by atoms with E-state index >= 15 is 0 Å². The maximum absolute atomic E-state index is 13.6. The molecule has 0 saturated heterocycles. The third kappa shape index (κ3) is 6.82. The number of rotatable bonds is 13. The Morgan fingerprint density at radius 3 is 1.98 bits per heavy atom. The van der Waals surface area contributed by atoms with Gasteiger partial charge in [-0.25, -0.2) is 8.78 Å². The molecule has 4 rings (SSSR count). The van der Waals surface area contributed by atoms with Crippen LogP contribution < -0.4 is 9.47 Å². The van der Waals surface area contributed by atoms with Crippen molar-refractivity contribution >= 4 is 0 Å². The van der Waals surface area contributed by atoms with Crippen molar-refractivity contribution in [2.75, 3.05) is 40.5 Å². The zero-order valence-corrected chi connectivity index (χ0v) is 24.2. The molecule has 3 aromatic rings. The summed E-state index contributed by atoms with van der Waals surface area (Å²) in [5.74, 6) is 0.845. The summed E-state index contributed by atoms with van der Waals surface area (Å²) in [5.41, 5.74) is 3.65. The molecule has 1 atom stereocenters. The molecule has 216 valence electrons. The fourth-order valence-corrected chi connectivity index (χ4v) is 5.56. The van der Waals surface area contributed by atoms with Crippen LogP contribution in [0.25, 0.3) is 0 Å². The van der Waals surface area contributed by atoms with Gasteiger partial charge in [0.15, 0.2) is 11.5 Å². The van der Waals surface area contributed by atoms with E-state index in [1.807, 2.05) is 0 Å². The molecule has 1 aliphatic heterocycles. The van der Waals surface area contributed by atoms with Gasteiger partial charge in [-0.15, -0.1) is 0 Å². The van der Waals surface area contributed by atoms with Crippen LogP contribution >= 0.6 is 0 Å². The molecule has 1 aliphatic rings. The summed E-state index contributed by atoms with van der Waals surface area (Å²) in [5, 5.41) is 0. The van der Waals surface area contributed by atoms with E-state index < -0.39 is 11.7 Å². The summed E-state index contributed by atoms with van der Waals surface area (Å²) in [4.78, 5) is 2.39. The van der Waals surface area contributed by atoms with E-state index in [0.717, 1.165) is 42.7 Å². The zero-order chi connectivity index (χ0) is 28.7. The second-order valence-electron chi connectivity index (χ2n) is 10.5. The normalized spacial score (nSPS) is 16.9. The summed E-state index contributed by atoms with van der Waals surface area (Å²) in [6, 6.07) is 17.0. The van der Waals surface area contributed by atoms with Crippen LogP contribution in [0, 0.1) is 11.6 Å². The topological polar surface area (TPSA) is 40.2 Å². The molecule has 0 bridgehead atoms. The first kappa shape index (κ1) is 30.0. The Hall–Kier alpha value is -3.00. The Balaban J connectivity index is 1.48. The third-order valence-corrected chi connectivity index (χ3v) is 7.96. The molecule has 5 nitrogen and oxygen atoms in total. The maximum Gasteiger partial charge on any atom is 0.161 e. The lowest BCUT2D eigenvalue weighted by molar-refractivity contribution is -0.0764. The largest absolute Gasteiger partial charge is 0.493 e. The molecule has 1 unspecified atom stereocenters. The second kappa shape index (κ2) is 13.6. The standard InChI is InChI=1S/C33H41F2NO4/c1-6-33(29-22-31(38-5)30(37-4)21-26(29)15-19-40-33)16-17-36(23(2)3)18-20-39-32(24-7-11-27(34)12-8-24)25-9-13-28(35)14-10-25/h7-14,21-23,32H,6,15-20H2,1-5H3. The highest BCUT2D eigenvalue weighted by atomic mass is 19.1. The van der Waals surface area contributed by atoms with Crippen molar-refractivity contribution in [1.29, 1.82) is 0 Å². The van der Waals surface area contributed by atoms with Crippen LogP contribution in [0.5, 0.6) is 11.5 Å². The molecule has 3 aromatic carbocycles. The Kier molecular flexibility index (Phi) is 10.2. The number of ether oxygens (including phenoxy) is 4. The van der Waals surface area contributed by atoms with Gasteiger partial charge in [-0.1, -0.05) is 31.2 Å². The van der Waals surface area contributed by atoms with Gasteiger partial charge in [-0.3, -0.25) is 4.90 Å². The van der Waals surface area contributed by atoms with E-state index in [4.69, 9.17) is 18.9 Å². The fraction of sp³-hybridized carbons (Fsp3) is 0.455. The summed E-state index contributed by atoms with van der Waals surface area (Å²) in [6.45, 7) is 9.18. The van der Waals surface area contributed by atoms with Crippen molar-refractivity contribution in [3.8, 4) is 11.5 Å². The van der Waals surface area contributed by atoms with Gasteiger partial charge < -0.3 is 18.9 Å². The van der Waals surface area contributed by atoms with Gasteiger partial charge in [-0.05, 0) is 91.8 Å². The lowest BCUT2D eigenvalue weighted by Crippen LogP contribution is -2.42. The number of hydrogen-bond acceptors (Lipinski definition) is 5. The molecular formula is C33H41F2NO4. The second-order valence-corrected chi connectivity index (χ2v) is 10.5. The van der Waals surface area contributed by atoms with Crippen molar-refractivity contribution in [1.82, 2.24) is 4.90 Å². The van der Waals surface area contributed by atoms with Crippen LogP contribution in [-0.2, 0) is 21.5 Å². The molecular weight excluding hydrogens is 512 g/mol. The quantitative estimate of drug-likeness (QED) is 0.227. The minimum atomic E-state index is -0.423. The maximum atomic E-state index is 13.6. The number of methoxy groups -OCH3 is 2. The van der Waals surface area contributed by atoms with Crippen molar-refractivity contribution in [2.45, 2.75) is 57.8 Å². The Bertz CT molecular complexity index is 1190. The molecule has 0 amide bonds. The highest BCUT2D eigenvalue weighted by molar-refractivity contribution is 5.50. The van der Waals surface area contributed by atoms with Crippen LogP contribution in [0.2, 0.25) is 0 Å². The molecule has 0 N–H and O–H groups in total. The first-order valence-electron chi connectivity index (χ1n) is 14.1. The molecule has 0 aromatic heterocycles. The van der Waals surface area contributed by atoms with E-state index in [-0.39, 0.29) is 11.6 Å². The van der Waals surface area contributed by atoms with E-state index in [1.54, 1.807) is 38.5 Å². The summed E-state index contributed by atoms with van der Waals surface area (Å²) < 4.78 is 51.3. The molecule has 0 aliphatic carbocycles. The smallest absolute Gasteiger partial charge is 0.161 e. The van der Waals surface area contributed by atoms with Gasteiger partial charge in [0, 0.05) is 19.1 Å². The molecule has 0 saturated carbocycles. The minimum absolute atomic E-state index is 0.293. The molecule has 40 heavy (non-hydrogen) atoms. The summed E-state index contributed by atoms with van der Waals surface area (Å²) >= 11 is 0. The van der Waals surface area contributed by atoms with Crippen molar-refractivity contribution < 1.29 is 27.7 Å². The number of benzene rings is 3. The van der Waals surface area contributed by atoms with Gasteiger partial charge in [0.25, 0.3) is 0 Å². The monoisotopic (exact) mass is 553 g/mol. The van der Waals surface area contributed by atoms with Crippen molar-refractivity contribution in [3.05, 3.63) is 94.6 Å². The molecule has 7 heteroatoms. The lowest BCUT2D eigenvalue weighted by Gasteiger charge is -2.41. The average Bonchev–Trinajstić information content (AvgIpc) is 2.97. The van der Waals surface area contributed by atoms with Crippen LogP contribution in [-0.4, -0.2) is 51.5 Å². The van der Waals surface area contributed by atoms with E-state index in [1.165, 1.54) is 35.4 Å². The predicted molar refractivity (Wildman–Crippen MR) is 153 cm³/mol. The highest BCUT2D eigenvalue weighted by Gasteiger charge is 2.37. The molecule has 0 radical (unpaired) electrons. The highest BCUT2D eigenvalue weighted by Crippen LogP contribution is 2.43. The van der Waals surface area contributed by atoms with Crippen molar-refractivity contribution in [2.24, 2.45) is 0 Å². The Labute approximate surface area is 237 Å². The first-order valence-corrected chi connectivity index (χ1v) is 14.1. The van der Waals surface area contributed by atoms with Crippen LogP contribution in [0.3, 0.4) is 0 Å². The SMILES string of the molecule is CCC1(CCN(CCOC(c2ccc(F)cc2)c2ccc(F)cc2)C(C)C)OCCc2cc(OC)c(OC)cc21. The van der Waals surface area contributed by atoms with Gasteiger partial charge >= 0.3 is 0 Å². The van der Waals surface area contributed by atoms with Crippen LogP contribution in [0.15, 0.2) is 60.7 Å². The van der Waals surface area contributed by atoms with Gasteiger partial charge in [0.2, 0.25) is 0 Å². The zero-order valence-electron chi connectivity index (χ0n) is 24.2. The van der Waals surface area contributed by atoms with Gasteiger partial charge in [0.05, 0.1) is 33.0 Å². The number of nitrogens with zero attached hydrogens (tertiary/aromatic N) is 1. The third-order valence-electron chi connectivity index (χ3n) is 7.96. The summed E-state index contributed by atoms with van der Waals surface area (Å²) in [6.07, 6.45) is 2.08. The molecule has 0 spiro atoms. The fourth-order valence-electron chi connectivity index (χ4n) is 5.56. The molecule has 1 heterocycles. The number of halogens is 2. The Morgan fingerprint density at radius 2 is 1.45 bits per heavy atom. The minimum Gasteiger partial charge on any atom is -0.493 e. The first-order chi connectivity index (χ1) is 19.3. The molecule has 0 fully saturated rings. The lowest BCUT2D eigenvalue weighted by atomic mass is 9.81. The number of hydrogen-bond donors (Lipinski definition) is 0. The van der Waals surface area contributed by atoms with Crippen LogP contribution in [0.1, 0.15) is 62.0 Å². The summed E-state index contributed by atoms with van der Waals surface area (Å²) in [7, 11) is 3.32. The Morgan fingerprint density at radius 1 is 0.875 bits per heavy atom. The number of fused-ring (bicyclic) bond motifs is 1. The van der Waals surface area contributed by atoms with Gasteiger partial charge in [0.1, 0.15) is 17.7 Å². The van der Waals surface area contributed by atoms with E-state index in [9.17, 15) is 8.78 Å². The van der Waals surface area contributed by atoms with E-state index in [2.05, 4.69) is 37.8 Å². The van der Waals surface area contributed by atoms with Crippen molar-refractivity contribution in [3.63, 3.8) is 0 Å². The van der Waals surface area contributed by atoms with Crippen LogP contribution in [0.4, 0.5) is 8.78 Å². The van der Waals surface area contributed by atoms with E-state index in [0.29, 0.717) is 31.5 Å².